The number of nitrogens with zero attached hydrogens (tertiary/aromatic N) is 2. The van der Waals surface area contributed by atoms with Crippen LogP contribution in [0.4, 0.5) is 0 Å². The normalized spacial score (nSPS) is 38.1. The highest BCUT2D eigenvalue weighted by molar-refractivity contribution is 7.90. The first-order chi connectivity index (χ1) is 11.4. The lowest BCUT2D eigenvalue weighted by molar-refractivity contribution is -0.154. The van der Waals surface area contributed by atoms with E-state index in [1.165, 1.54) is 0 Å². The summed E-state index contributed by atoms with van der Waals surface area (Å²) in [7, 11) is -3.11. The minimum atomic E-state index is -3.11. The summed E-state index contributed by atoms with van der Waals surface area (Å²) in [6.07, 6.45) is 5.83. The zero-order valence-corrected chi connectivity index (χ0v) is 15.3. The molecule has 4 fully saturated rings. The first-order valence-electron chi connectivity index (χ1n) is 9.38. The number of hydrogen-bond donors (Lipinski definition) is 0. The Bertz CT molecular complexity index is 612. The molecule has 3 saturated heterocycles. The van der Waals surface area contributed by atoms with Gasteiger partial charge < -0.3 is 9.64 Å². The number of ether oxygens (including phenoxy) is 1. The number of amides is 1. The van der Waals surface area contributed by atoms with Gasteiger partial charge >= 0.3 is 0 Å². The number of sulfonamides is 1. The molecule has 1 spiro atoms. The summed E-state index contributed by atoms with van der Waals surface area (Å²) in [6, 6.07) is 0. The summed E-state index contributed by atoms with van der Waals surface area (Å²) in [5, 5.41) is -0.146. The van der Waals surface area contributed by atoms with Crippen LogP contribution in [0.3, 0.4) is 0 Å². The summed E-state index contributed by atoms with van der Waals surface area (Å²) < 4.78 is 32.9. The minimum Gasteiger partial charge on any atom is -0.362 e. The molecule has 1 aliphatic carbocycles. The van der Waals surface area contributed by atoms with Crippen LogP contribution in [0.2, 0.25) is 0 Å². The Balaban J connectivity index is 1.41. The molecular formula is C17H28N2O4S. The van der Waals surface area contributed by atoms with Crippen molar-refractivity contribution in [2.75, 3.05) is 26.2 Å². The summed E-state index contributed by atoms with van der Waals surface area (Å²) in [4.78, 5) is 14.5. The van der Waals surface area contributed by atoms with Crippen molar-refractivity contribution < 1.29 is 17.9 Å². The summed E-state index contributed by atoms with van der Waals surface area (Å²) >= 11 is 0. The van der Waals surface area contributed by atoms with Gasteiger partial charge in [-0.05, 0) is 50.9 Å². The Kier molecular flexibility index (Phi) is 4.16. The van der Waals surface area contributed by atoms with Crippen LogP contribution in [0, 0.1) is 5.92 Å². The molecule has 3 aliphatic heterocycles. The Hall–Kier alpha value is -0.660. The second-order valence-corrected chi connectivity index (χ2v) is 10.2. The van der Waals surface area contributed by atoms with E-state index in [0.717, 1.165) is 51.6 Å². The monoisotopic (exact) mass is 356 g/mol. The van der Waals surface area contributed by atoms with E-state index in [2.05, 4.69) is 6.92 Å². The van der Waals surface area contributed by atoms with Crippen molar-refractivity contribution in [1.82, 2.24) is 9.21 Å². The molecule has 0 aromatic heterocycles. The van der Waals surface area contributed by atoms with E-state index >= 15 is 0 Å². The van der Waals surface area contributed by atoms with Crippen molar-refractivity contribution in [1.29, 1.82) is 0 Å². The molecule has 0 radical (unpaired) electrons. The Morgan fingerprint density at radius 3 is 2.42 bits per heavy atom. The van der Waals surface area contributed by atoms with Crippen LogP contribution in [0.5, 0.6) is 0 Å². The smallest absolute Gasteiger partial charge is 0.251 e. The van der Waals surface area contributed by atoms with Crippen molar-refractivity contribution in [2.45, 2.75) is 68.8 Å². The van der Waals surface area contributed by atoms with Gasteiger partial charge in [-0.15, -0.1) is 0 Å². The van der Waals surface area contributed by atoms with Crippen LogP contribution in [-0.2, 0) is 19.6 Å². The van der Waals surface area contributed by atoms with E-state index in [1.54, 1.807) is 4.31 Å². The molecule has 1 saturated carbocycles. The second kappa shape index (κ2) is 5.95. The number of hydrogen-bond acceptors (Lipinski definition) is 4. The predicted octanol–water partition coefficient (Wildman–Crippen LogP) is 1.36. The van der Waals surface area contributed by atoms with Crippen LogP contribution < -0.4 is 0 Å². The molecule has 4 rings (SSSR count). The van der Waals surface area contributed by atoms with Gasteiger partial charge in [0.05, 0.1) is 10.9 Å². The van der Waals surface area contributed by atoms with Crippen molar-refractivity contribution in [3.05, 3.63) is 0 Å². The van der Waals surface area contributed by atoms with Crippen molar-refractivity contribution in [3.8, 4) is 0 Å². The predicted molar refractivity (Wildman–Crippen MR) is 89.9 cm³/mol. The highest BCUT2D eigenvalue weighted by Crippen LogP contribution is 2.44. The number of carbonyl (C=O) groups excluding carboxylic acids is 1. The maximum atomic E-state index is 12.6. The van der Waals surface area contributed by atoms with Gasteiger partial charge in [0.15, 0.2) is 0 Å². The third-order valence-corrected chi connectivity index (χ3v) is 8.73. The van der Waals surface area contributed by atoms with Gasteiger partial charge in [-0.1, -0.05) is 6.92 Å². The molecule has 0 bridgehead atoms. The first-order valence-corrected chi connectivity index (χ1v) is 10.9. The Labute approximate surface area is 144 Å². The highest BCUT2D eigenvalue weighted by atomic mass is 32.2. The average Bonchev–Trinajstić information content (AvgIpc) is 3.13. The standard InChI is InChI=1S/C17H28N2O4S/c1-13-12-19(24(21,22)14-4-5-14)11-8-17(13)7-6-15(23-17)16(20)18-9-2-3-10-18/h13-15H,2-12H2,1H3. The molecule has 3 unspecified atom stereocenters. The number of likely N-dealkylation sites (tertiary alicyclic amines) is 1. The van der Waals surface area contributed by atoms with Crippen LogP contribution in [0.25, 0.3) is 0 Å². The quantitative estimate of drug-likeness (QED) is 0.766. The fourth-order valence-corrected chi connectivity index (χ4v) is 6.50. The average molecular weight is 356 g/mol. The maximum absolute atomic E-state index is 12.6. The Morgan fingerprint density at radius 1 is 1.08 bits per heavy atom. The Morgan fingerprint density at radius 2 is 1.79 bits per heavy atom. The SMILES string of the molecule is CC1CN(S(=O)(=O)C2CC2)CCC12CCC(C(=O)N1CCCC1)O2. The van der Waals surface area contributed by atoms with Gasteiger partial charge in [-0.3, -0.25) is 4.79 Å². The summed E-state index contributed by atoms with van der Waals surface area (Å²) in [5.41, 5.74) is -0.310. The maximum Gasteiger partial charge on any atom is 0.251 e. The summed E-state index contributed by atoms with van der Waals surface area (Å²) in [5.74, 6) is 0.278. The fraction of sp³-hybridized carbons (Fsp3) is 0.941. The van der Waals surface area contributed by atoms with Crippen molar-refractivity contribution in [3.63, 3.8) is 0 Å². The molecule has 4 aliphatic rings. The second-order valence-electron chi connectivity index (χ2n) is 8.00. The van der Waals surface area contributed by atoms with E-state index in [9.17, 15) is 13.2 Å². The van der Waals surface area contributed by atoms with Gasteiger partial charge in [0.1, 0.15) is 6.10 Å². The van der Waals surface area contributed by atoms with Crippen molar-refractivity contribution in [2.24, 2.45) is 5.92 Å². The van der Waals surface area contributed by atoms with Gasteiger partial charge in [0, 0.05) is 26.2 Å². The topological polar surface area (TPSA) is 66.9 Å². The molecule has 3 heterocycles. The zero-order valence-electron chi connectivity index (χ0n) is 14.4. The number of rotatable bonds is 3. The molecule has 1 amide bonds. The van der Waals surface area contributed by atoms with Crippen LogP contribution in [-0.4, -0.2) is 66.7 Å². The highest BCUT2D eigenvalue weighted by Gasteiger charge is 2.52. The first kappa shape index (κ1) is 16.8. The van der Waals surface area contributed by atoms with Gasteiger partial charge in [0.2, 0.25) is 10.0 Å². The van der Waals surface area contributed by atoms with E-state index < -0.39 is 10.0 Å². The molecule has 136 valence electrons. The van der Waals surface area contributed by atoms with Crippen LogP contribution in [0.15, 0.2) is 0 Å². The lowest BCUT2D eigenvalue weighted by atomic mass is 9.81. The van der Waals surface area contributed by atoms with E-state index in [-0.39, 0.29) is 28.8 Å². The lowest BCUT2D eigenvalue weighted by Crippen LogP contribution is -2.53. The number of piperidine rings is 1. The molecule has 7 heteroatoms. The molecule has 3 atom stereocenters. The minimum absolute atomic E-state index is 0.135. The van der Waals surface area contributed by atoms with Gasteiger partial charge in [-0.25, -0.2) is 12.7 Å². The molecule has 24 heavy (non-hydrogen) atoms. The fourth-order valence-electron chi connectivity index (χ4n) is 4.57. The molecule has 6 nitrogen and oxygen atoms in total. The van der Waals surface area contributed by atoms with Gasteiger partial charge in [0.25, 0.3) is 5.91 Å². The van der Waals surface area contributed by atoms with Crippen molar-refractivity contribution >= 4 is 15.9 Å². The van der Waals surface area contributed by atoms with Crippen LogP contribution in [0.1, 0.15) is 51.9 Å². The molecule has 0 aromatic rings. The molecule has 0 N–H and O–H groups in total. The largest absolute Gasteiger partial charge is 0.362 e. The van der Waals surface area contributed by atoms with Crippen LogP contribution >= 0.6 is 0 Å². The van der Waals surface area contributed by atoms with E-state index in [0.29, 0.717) is 19.5 Å². The third-order valence-electron chi connectivity index (χ3n) is 6.37. The lowest BCUT2D eigenvalue weighted by Gasteiger charge is -2.43. The van der Waals surface area contributed by atoms with E-state index in [1.807, 2.05) is 4.90 Å². The zero-order chi connectivity index (χ0) is 16.9. The molecule has 0 aromatic carbocycles. The summed E-state index contributed by atoms with van der Waals surface area (Å²) in [6.45, 7) is 4.86. The third kappa shape index (κ3) is 2.78. The van der Waals surface area contributed by atoms with E-state index in [4.69, 9.17) is 4.74 Å². The molecular weight excluding hydrogens is 328 g/mol. The van der Waals surface area contributed by atoms with Gasteiger partial charge in [-0.2, -0.15) is 0 Å². The number of carbonyl (C=O) groups is 1.